The lowest BCUT2D eigenvalue weighted by Crippen LogP contribution is -2.70. The van der Waals surface area contributed by atoms with Gasteiger partial charge in [0.1, 0.15) is 24.5 Å². The van der Waals surface area contributed by atoms with Gasteiger partial charge >= 0.3 is 23.9 Å². The van der Waals surface area contributed by atoms with Crippen LogP contribution < -0.4 is 5.32 Å². The highest BCUT2D eigenvalue weighted by Gasteiger charge is 2.68. The van der Waals surface area contributed by atoms with Gasteiger partial charge in [0.05, 0.1) is 19.6 Å². The number of thioether (sulfide) groups is 1. The highest BCUT2D eigenvalue weighted by atomic mass is 32.2. The van der Waals surface area contributed by atoms with Crippen molar-refractivity contribution in [3.05, 3.63) is 67.3 Å². The van der Waals surface area contributed by atoms with Crippen molar-refractivity contribution in [2.24, 2.45) is 5.92 Å². The number of alkyl carbamates (subject to hydrolysis) is 1. The molecule has 2 aliphatic rings. The quantitative estimate of drug-likeness (QED) is 0.122. The van der Waals surface area contributed by atoms with Crippen LogP contribution in [-0.4, -0.2) is 83.2 Å². The predicted octanol–water partition coefficient (Wildman–Crippen LogP) is 1.14. The molecule has 0 aromatic heterocycles. The molecule has 1 N–H and O–H groups in total. The summed E-state index contributed by atoms with van der Waals surface area (Å²) < 4.78 is 20.3. The molecule has 0 bridgehead atoms. The lowest BCUT2D eigenvalue weighted by molar-refractivity contribution is -0.249. The van der Waals surface area contributed by atoms with E-state index in [1.54, 1.807) is 12.2 Å². The second-order valence-corrected chi connectivity index (χ2v) is 9.60. The van der Waals surface area contributed by atoms with E-state index < -0.39 is 70.8 Å². The topological polar surface area (TPSA) is 172 Å². The molecule has 41 heavy (non-hydrogen) atoms. The molecule has 14 heteroatoms. The lowest BCUT2D eigenvalue weighted by atomic mass is 9.86. The zero-order valence-corrected chi connectivity index (χ0v) is 22.5. The van der Waals surface area contributed by atoms with E-state index in [1.807, 2.05) is 30.3 Å². The largest absolute Gasteiger partial charge is 0.454 e. The number of amides is 3. The van der Waals surface area contributed by atoms with Crippen molar-refractivity contribution < 1.29 is 52.5 Å². The number of β-lactam (4-membered cyclic amide) rings is 1. The van der Waals surface area contributed by atoms with Crippen molar-refractivity contribution in [1.82, 2.24) is 10.2 Å². The highest BCUT2D eigenvalue weighted by molar-refractivity contribution is 8.14. The maximum atomic E-state index is 13.1. The Balaban J connectivity index is 1.68. The number of nitrogens with one attached hydrogen (secondary N) is 1. The van der Waals surface area contributed by atoms with E-state index in [-0.39, 0.29) is 19.8 Å². The molecule has 1 aromatic rings. The summed E-state index contributed by atoms with van der Waals surface area (Å²) >= 11 is 0.390. The molecule has 13 nitrogen and oxygen atoms in total. The van der Waals surface area contributed by atoms with Gasteiger partial charge in [0, 0.05) is 0 Å². The Morgan fingerprint density at radius 2 is 1.76 bits per heavy atom. The van der Waals surface area contributed by atoms with Gasteiger partial charge in [-0.2, -0.15) is 0 Å². The van der Waals surface area contributed by atoms with Crippen LogP contribution in [0.4, 0.5) is 4.79 Å². The van der Waals surface area contributed by atoms with Gasteiger partial charge in [0.15, 0.2) is 0 Å². The van der Waals surface area contributed by atoms with E-state index in [2.05, 4.69) is 18.5 Å². The number of nitrogens with zero attached hydrogens (tertiary/aromatic N) is 1. The van der Waals surface area contributed by atoms with Crippen molar-refractivity contribution in [3.8, 4) is 0 Å². The van der Waals surface area contributed by atoms with Crippen molar-refractivity contribution in [1.29, 1.82) is 0 Å². The smallest absolute Gasteiger partial charge is 0.407 e. The van der Waals surface area contributed by atoms with E-state index >= 15 is 0 Å². The van der Waals surface area contributed by atoms with Crippen LogP contribution in [0.1, 0.15) is 12.0 Å². The van der Waals surface area contributed by atoms with Crippen LogP contribution in [0.3, 0.4) is 0 Å². The van der Waals surface area contributed by atoms with E-state index in [4.69, 9.17) is 18.9 Å². The van der Waals surface area contributed by atoms with E-state index in [9.17, 15) is 33.6 Å². The monoisotopic (exact) mass is 586 g/mol. The summed E-state index contributed by atoms with van der Waals surface area (Å²) in [7, 11) is 0. The minimum atomic E-state index is -2.14. The molecule has 0 spiro atoms. The van der Waals surface area contributed by atoms with Gasteiger partial charge in [-0.1, -0.05) is 66.9 Å². The number of carbonyl (C=O) groups excluding carboxylic acids is 7. The van der Waals surface area contributed by atoms with E-state index in [1.165, 1.54) is 12.2 Å². The summed E-state index contributed by atoms with van der Waals surface area (Å²) in [4.78, 5) is 87.2. The third-order valence-corrected chi connectivity index (χ3v) is 6.77. The fourth-order valence-electron chi connectivity index (χ4n) is 3.83. The van der Waals surface area contributed by atoms with Gasteiger partial charge in [-0.05, 0) is 11.6 Å². The third kappa shape index (κ3) is 7.55. The van der Waals surface area contributed by atoms with Crippen LogP contribution in [0, 0.1) is 5.92 Å². The molecule has 0 saturated carbocycles. The zero-order chi connectivity index (χ0) is 30.0. The molecule has 1 aromatic carbocycles. The minimum absolute atomic E-state index is 0.0844. The zero-order valence-electron chi connectivity index (χ0n) is 21.6. The first-order valence-electron chi connectivity index (χ1n) is 12.1. The van der Waals surface area contributed by atoms with Crippen molar-refractivity contribution in [2.75, 3.05) is 26.4 Å². The first kappa shape index (κ1) is 31.0. The number of ether oxygens (including phenoxy) is 4. The number of hydrogen-bond acceptors (Lipinski definition) is 12. The average Bonchev–Trinajstić information content (AvgIpc) is 3.24. The third-order valence-electron chi connectivity index (χ3n) is 5.64. The molecule has 3 atom stereocenters. The van der Waals surface area contributed by atoms with Crippen LogP contribution in [0.25, 0.3) is 6.08 Å². The Hall–Kier alpha value is -4.56. The molecule has 0 aliphatic carbocycles. The van der Waals surface area contributed by atoms with Gasteiger partial charge in [-0.25, -0.2) is 14.4 Å². The van der Waals surface area contributed by atoms with Crippen molar-refractivity contribution in [3.63, 3.8) is 0 Å². The molecule has 216 valence electrons. The number of hydrogen-bond donors (Lipinski definition) is 1. The normalized spacial score (nSPS) is 21.6. The van der Waals surface area contributed by atoms with Gasteiger partial charge in [0.2, 0.25) is 22.6 Å². The molecular formula is C27H26N2O11S. The molecule has 0 radical (unpaired) electrons. The summed E-state index contributed by atoms with van der Waals surface area (Å²) in [6, 6.07) is 9.26. The molecule has 3 rings (SSSR count). The van der Waals surface area contributed by atoms with Crippen LogP contribution in [-0.2, 0) is 47.7 Å². The summed E-state index contributed by atoms with van der Waals surface area (Å²) in [5, 5.41) is 0.0387. The highest BCUT2D eigenvalue weighted by Crippen LogP contribution is 2.47. The van der Waals surface area contributed by atoms with E-state index in [0.717, 1.165) is 5.56 Å². The van der Waals surface area contributed by atoms with Crippen LogP contribution >= 0.6 is 11.8 Å². The Labute approximate surface area is 238 Å². The minimum Gasteiger partial charge on any atom is -0.454 e. The fraction of sp³-hybridized carbons (Fsp3) is 0.296. The van der Waals surface area contributed by atoms with Crippen LogP contribution in [0.15, 0.2) is 61.7 Å². The standard InChI is InChI=1S/C27H26N2O11S/c1-3-12-37-25(35)22(33)29-21(32)20(27(39-13-4-2)15-18(30)24(34)40-27)23(29)41-19(31)16-28-26(36)38-14-8-11-17-9-6-5-7-10-17/h3-11,20,23H,1-2,12-16H2,(H,28,36)/t20-,23+,27+/m0/s1. The SMILES string of the molecule is C=CCOC(=O)C(=O)N1C(=O)[C@H]([C@@]2(OCC=C)CC(=O)C(=O)O2)[C@H]1SC(=O)CNC(=O)OCC=Cc1ccccc1. The average molecular weight is 587 g/mol. The number of rotatable bonds is 12. The Kier molecular flexibility index (Phi) is 10.7. The molecule has 0 unspecified atom stereocenters. The van der Waals surface area contributed by atoms with Gasteiger partial charge in [0.25, 0.3) is 0 Å². The number of imide groups is 1. The van der Waals surface area contributed by atoms with Crippen molar-refractivity contribution in [2.45, 2.75) is 17.6 Å². The molecule has 2 saturated heterocycles. The van der Waals surface area contributed by atoms with Gasteiger partial charge in [-0.3, -0.25) is 24.1 Å². The molecular weight excluding hydrogens is 560 g/mol. The number of esters is 2. The number of likely N-dealkylation sites (tertiary alicyclic amines) is 1. The summed E-state index contributed by atoms with van der Waals surface area (Å²) in [5.41, 5.74) is 0.893. The second kappa shape index (κ2) is 14.2. The Morgan fingerprint density at radius 1 is 1.05 bits per heavy atom. The van der Waals surface area contributed by atoms with E-state index in [0.29, 0.717) is 16.7 Å². The fourth-order valence-corrected chi connectivity index (χ4v) is 5.02. The predicted molar refractivity (Wildman–Crippen MR) is 142 cm³/mol. The second-order valence-electron chi connectivity index (χ2n) is 8.42. The molecule has 2 fully saturated rings. The maximum absolute atomic E-state index is 13.1. The lowest BCUT2D eigenvalue weighted by Gasteiger charge is -2.49. The number of Topliss-reactive ketones (excluding diaryl/α,β-unsaturated/α-hetero) is 1. The molecule has 2 aliphatic heterocycles. The number of ketones is 1. The van der Waals surface area contributed by atoms with Gasteiger partial charge in [-0.15, -0.1) is 6.58 Å². The maximum Gasteiger partial charge on any atom is 0.407 e. The molecule has 3 amide bonds. The number of benzene rings is 1. The van der Waals surface area contributed by atoms with Crippen molar-refractivity contribution >= 4 is 58.6 Å². The first-order valence-corrected chi connectivity index (χ1v) is 13.0. The Morgan fingerprint density at radius 3 is 2.39 bits per heavy atom. The summed E-state index contributed by atoms with van der Waals surface area (Å²) in [5.74, 6) is -9.77. The number of carbonyl (C=O) groups is 7. The van der Waals surface area contributed by atoms with Crippen LogP contribution in [0.2, 0.25) is 0 Å². The molecule has 2 heterocycles. The Bertz CT molecular complexity index is 1260. The first-order chi connectivity index (χ1) is 19.6. The number of cyclic esters (lactones) is 1. The summed E-state index contributed by atoms with van der Waals surface area (Å²) in [6.45, 7) is 5.58. The summed E-state index contributed by atoms with van der Waals surface area (Å²) in [6.07, 6.45) is 4.21. The van der Waals surface area contributed by atoms with Crippen LogP contribution in [0.5, 0.6) is 0 Å². The van der Waals surface area contributed by atoms with Gasteiger partial charge < -0.3 is 24.3 Å².